The standard InChI is InChI=1S/C15H17NO3.C8H7ClO2.C8H13NO.C7H11NO.C3H4Cl2O2.CH4/c17-14-8-12-6-7-13(9-14)16(12)15(18)19-10-11-4-2-1-3-5-11;9-8(10)11-6-7-4-2-1-3-5-7;1-9-6-2-3-7(9)5-8(10)4-6;9-7-3-5-1-2-6(4-7)8-5;1-2(4)7-3(5)6;/h1-5,12-13H,6-10H2;1-5H,6H2;6-7H,2-5H2,1H3;5-6,8H,1-4H2;2H,1H3;1H4. The minimum atomic E-state index is -0.873. The minimum Gasteiger partial charge on any atom is -0.449 e. The Balaban J connectivity index is 0.000000200. The fourth-order valence-corrected chi connectivity index (χ4v) is 8.27. The zero-order valence-corrected chi connectivity index (χ0v) is 34.2. The molecule has 0 aromatic heterocycles. The zero-order valence-electron chi connectivity index (χ0n) is 31.9. The van der Waals surface area contributed by atoms with Gasteiger partial charge < -0.3 is 24.4 Å². The highest BCUT2D eigenvalue weighted by Gasteiger charge is 2.43. The van der Waals surface area contributed by atoms with Crippen molar-refractivity contribution in [3.05, 3.63) is 71.8 Å². The fourth-order valence-electron chi connectivity index (χ4n) is 7.95. The fraction of sp³-hybridized carbons (Fsp3) is 0.571. The van der Waals surface area contributed by atoms with Crippen LogP contribution in [0.1, 0.15) is 103 Å². The number of piperidine rings is 3. The normalized spacial score (nSPS) is 25.6. The van der Waals surface area contributed by atoms with Gasteiger partial charge in [0.2, 0.25) is 0 Å². The van der Waals surface area contributed by atoms with Gasteiger partial charge in [0.15, 0.2) is 5.56 Å². The van der Waals surface area contributed by atoms with Crippen LogP contribution >= 0.6 is 34.8 Å². The van der Waals surface area contributed by atoms with E-state index in [1.165, 1.54) is 32.6 Å². The van der Waals surface area contributed by atoms with Crippen molar-refractivity contribution in [2.24, 2.45) is 0 Å². The molecule has 1 N–H and O–H groups in total. The number of hydrogen-bond acceptors (Lipinski definition) is 11. The first-order chi connectivity index (χ1) is 26.8. The third-order valence-corrected chi connectivity index (χ3v) is 10.9. The van der Waals surface area contributed by atoms with E-state index in [1.807, 2.05) is 60.7 Å². The van der Waals surface area contributed by atoms with Crippen molar-refractivity contribution >= 4 is 69.1 Å². The number of hydrogen-bond donors (Lipinski definition) is 1. The van der Waals surface area contributed by atoms with Crippen LogP contribution in [0.2, 0.25) is 0 Å². The van der Waals surface area contributed by atoms with Gasteiger partial charge in [0.25, 0.3) is 0 Å². The quantitative estimate of drug-likeness (QED) is 0.175. The molecule has 0 radical (unpaired) electrons. The highest BCUT2D eigenvalue weighted by Crippen LogP contribution is 2.35. The Kier molecular flexibility index (Phi) is 20.5. The summed E-state index contributed by atoms with van der Waals surface area (Å²) in [5.41, 5.74) is -0.362. The van der Waals surface area contributed by atoms with Crippen LogP contribution < -0.4 is 5.32 Å². The predicted molar refractivity (Wildman–Crippen MR) is 219 cm³/mol. The van der Waals surface area contributed by atoms with Gasteiger partial charge >= 0.3 is 17.0 Å². The molecule has 7 unspecified atom stereocenters. The summed E-state index contributed by atoms with van der Waals surface area (Å²) in [7, 11) is 2.15. The summed E-state index contributed by atoms with van der Waals surface area (Å²) in [6, 6.07) is 21.4. The van der Waals surface area contributed by atoms with Crippen LogP contribution in [0.25, 0.3) is 0 Å². The van der Waals surface area contributed by atoms with Crippen molar-refractivity contribution in [1.29, 1.82) is 0 Å². The second-order valence-corrected chi connectivity index (χ2v) is 16.0. The van der Waals surface area contributed by atoms with E-state index in [9.17, 15) is 28.8 Å². The minimum absolute atomic E-state index is 0. The van der Waals surface area contributed by atoms with Crippen molar-refractivity contribution in [1.82, 2.24) is 15.1 Å². The Labute approximate surface area is 351 Å². The Hall–Kier alpha value is -3.55. The smallest absolute Gasteiger partial charge is 0.410 e. The molecule has 2 aromatic rings. The van der Waals surface area contributed by atoms with Gasteiger partial charge in [-0.25, -0.2) is 14.4 Å². The van der Waals surface area contributed by atoms with E-state index in [0.29, 0.717) is 55.2 Å². The molecule has 6 bridgehead atoms. The average Bonchev–Trinajstić information content (AvgIpc) is 3.71. The first-order valence-corrected chi connectivity index (χ1v) is 20.3. The lowest BCUT2D eigenvalue weighted by Crippen LogP contribution is -2.46. The van der Waals surface area contributed by atoms with Crippen molar-refractivity contribution in [2.45, 2.75) is 146 Å². The van der Waals surface area contributed by atoms with Gasteiger partial charge in [0.05, 0.1) is 0 Å². The molecule has 57 heavy (non-hydrogen) atoms. The number of benzene rings is 2. The summed E-state index contributed by atoms with van der Waals surface area (Å²) in [4.78, 5) is 69.6. The molecule has 12 nitrogen and oxygen atoms in total. The molecule has 0 saturated carbocycles. The van der Waals surface area contributed by atoms with Gasteiger partial charge in [0, 0.05) is 98.0 Å². The largest absolute Gasteiger partial charge is 0.449 e. The summed E-state index contributed by atoms with van der Waals surface area (Å²) in [5.74, 6) is 1.21. The van der Waals surface area contributed by atoms with E-state index in [-0.39, 0.29) is 38.0 Å². The number of rotatable bonds is 5. The van der Waals surface area contributed by atoms with Crippen molar-refractivity contribution < 1.29 is 43.0 Å². The summed E-state index contributed by atoms with van der Waals surface area (Å²) in [6.07, 6.45) is 10.7. The molecular formula is C42H56Cl3N3O9. The number of alkyl halides is 1. The Morgan fingerprint density at radius 3 is 1.46 bits per heavy atom. The SMILES string of the molecule is C.CC(Cl)OC(=O)Cl.CN1C2CCC1CC(=O)C2.O=C(Cl)OCc1ccccc1.O=C1CC2CCC(C1)N2.O=C1CC2CCC(C1)N2C(=O)OCc1ccccc1. The third kappa shape index (κ3) is 16.7. The summed E-state index contributed by atoms with van der Waals surface area (Å²) in [6.45, 7) is 2.04. The molecule has 6 heterocycles. The lowest BCUT2D eigenvalue weighted by Gasteiger charge is -2.33. The number of amides is 1. The van der Waals surface area contributed by atoms with E-state index in [2.05, 4.69) is 26.7 Å². The monoisotopic (exact) mass is 851 g/mol. The molecule has 6 saturated heterocycles. The molecule has 7 atom stereocenters. The lowest BCUT2D eigenvalue weighted by atomic mass is 10.0. The maximum absolute atomic E-state index is 12.1. The molecule has 15 heteroatoms. The summed E-state index contributed by atoms with van der Waals surface area (Å²) < 4.78 is 14.1. The molecule has 8 rings (SSSR count). The van der Waals surface area contributed by atoms with Gasteiger partial charge in [-0.15, -0.1) is 0 Å². The molecular weight excluding hydrogens is 797 g/mol. The Morgan fingerprint density at radius 2 is 1.05 bits per heavy atom. The maximum Gasteiger partial charge on any atom is 0.410 e. The number of Topliss-reactive ketones (excluding diaryl/α,β-unsaturated/α-hetero) is 3. The van der Waals surface area contributed by atoms with Crippen molar-refractivity contribution in [2.75, 3.05) is 7.05 Å². The number of halogens is 3. The van der Waals surface area contributed by atoms with Crippen LogP contribution in [0.5, 0.6) is 0 Å². The van der Waals surface area contributed by atoms with E-state index >= 15 is 0 Å². The van der Waals surface area contributed by atoms with Crippen LogP contribution in [0.4, 0.5) is 14.4 Å². The van der Waals surface area contributed by atoms with Crippen LogP contribution in [0.3, 0.4) is 0 Å². The molecule has 6 aliphatic heterocycles. The van der Waals surface area contributed by atoms with E-state index in [4.69, 9.17) is 39.5 Å². The Bertz CT molecular complexity index is 1570. The molecule has 6 aliphatic rings. The van der Waals surface area contributed by atoms with Crippen LogP contribution in [0, 0.1) is 0 Å². The molecule has 314 valence electrons. The topological polar surface area (TPSA) is 149 Å². The van der Waals surface area contributed by atoms with E-state index in [1.54, 1.807) is 4.90 Å². The molecule has 1 amide bonds. The molecule has 0 spiro atoms. The first-order valence-electron chi connectivity index (χ1n) is 19.2. The maximum atomic E-state index is 12.1. The van der Waals surface area contributed by atoms with Crippen LogP contribution in [-0.4, -0.2) is 93.0 Å². The molecule has 0 aliphatic carbocycles. The van der Waals surface area contributed by atoms with E-state index < -0.39 is 16.4 Å². The van der Waals surface area contributed by atoms with E-state index in [0.717, 1.165) is 49.7 Å². The highest BCUT2D eigenvalue weighted by molar-refractivity contribution is 6.61. The first kappa shape index (κ1) is 47.8. The summed E-state index contributed by atoms with van der Waals surface area (Å²) >= 11 is 14.8. The van der Waals surface area contributed by atoms with Gasteiger partial charge in [0.1, 0.15) is 30.6 Å². The number of carbonyl (C=O) groups is 6. The molecule has 6 fully saturated rings. The number of carbonyl (C=O) groups excluding carboxylic acids is 6. The number of fused-ring (bicyclic) bond motifs is 6. The van der Waals surface area contributed by atoms with Gasteiger partial charge in [-0.05, 0) is 63.6 Å². The predicted octanol–water partition coefficient (Wildman–Crippen LogP) is 8.95. The lowest BCUT2D eigenvalue weighted by molar-refractivity contribution is -0.124. The van der Waals surface area contributed by atoms with Gasteiger partial charge in [-0.3, -0.25) is 19.3 Å². The van der Waals surface area contributed by atoms with Gasteiger partial charge in [-0.1, -0.05) is 79.7 Å². The number of nitrogens with one attached hydrogen (secondary N) is 1. The third-order valence-electron chi connectivity index (χ3n) is 10.6. The average molecular weight is 853 g/mol. The second-order valence-electron chi connectivity index (χ2n) is 14.8. The zero-order chi connectivity index (χ0) is 40.6. The van der Waals surface area contributed by atoms with Crippen LogP contribution in [0.15, 0.2) is 60.7 Å². The van der Waals surface area contributed by atoms with Gasteiger partial charge in [-0.2, -0.15) is 0 Å². The number of nitrogens with zero attached hydrogens (tertiary/aromatic N) is 2. The second kappa shape index (κ2) is 24.4. The Morgan fingerprint density at radius 1 is 0.649 bits per heavy atom. The van der Waals surface area contributed by atoms with Crippen LogP contribution in [-0.2, 0) is 41.8 Å². The van der Waals surface area contributed by atoms with Crippen molar-refractivity contribution in [3.63, 3.8) is 0 Å². The van der Waals surface area contributed by atoms with Crippen molar-refractivity contribution in [3.8, 4) is 0 Å². The molecule has 2 aromatic carbocycles. The summed E-state index contributed by atoms with van der Waals surface area (Å²) in [5, 5.41) is 3.40. The number of ether oxygens (including phenoxy) is 3. The highest BCUT2D eigenvalue weighted by atomic mass is 35.5. The number of ketones is 3.